The molecule has 0 radical (unpaired) electrons. The molecule has 0 aliphatic rings. The van der Waals surface area contributed by atoms with Crippen LogP contribution in [-0.2, 0) is 0 Å². The average molecular weight is 302 g/mol. The second kappa shape index (κ2) is 6.95. The van der Waals surface area contributed by atoms with Crippen molar-refractivity contribution in [1.82, 2.24) is 0 Å². The number of rotatable bonds is 5. The molecule has 2 aromatic rings. The number of amides is 1. The molecule has 0 unspecified atom stereocenters. The summed E-state index contributed by atoms with van der Waals surface area (Å²) in [5.41, 5.74) is 7.58. The quantitative estimate of drug-likeness (QED) is 0.848. The van der Waals surface area contributed by atoms with Crippen LogP contribution in [0.2, 0.25) is 5.02 Å². The van der Waals surface area contributed by atoms with Crippen molar-refractivity contribution in [2.75, 3.05) is 6.61 Å². The van der Waals surface area contributed by atoms with Gasteiger partial charge >= 0.3 is 0 Å². The van der Waals surface area contributed by atoms with Crippen molar-refractivity contribution < 1.29 is 9.53 Å². The van der Waals surface area contributed by atoms with Crippen molar-refractivity contribution in [2.45, 2.75) is 6.92 Å². The van der Waals surface area contributed by atoms with Crippen LogP contribution in [0.15, 0.2) is 42.5 Å². The van der Waals surface area contributed by atoms with Gasteiger partial charge in [0, 0.05) is 16.1 Å². The van der Waals surface area contributed by atoms with Crippen LogP contribution in [0.25, 0.3) is 12.2 Å². The van der Waals surface area contributed by atoms with E-state index in [0.717, 1.165) is 11.1 Å². The maximum atomic E-state index is 11.3. The molecule has 2 N–H and O–H groups in total. The van der Waals surface area contributed by atoms with Gasteiger partial charge in [-0.05, 0) is 42.8 Å². The third-order valence-corrected chi connectivity index (χ3v) is 3.17. The van der Waals surface area contributed by atoms with Crippen LogP contribution >= 0.6 is 11.6 Å². The van der Waals surface area contributed by atoms with Crippen LogP contribution in [0.3, 0.4) is 0 Å². The van der Waals surface area contributed by atoms with Gasteiger partial charge in [-0.25, -0.2) is 0 Å². The summed E-state index contributed by atoms with van der Waals surface area (Å²) >= 11 is 5.86. The van der Waals surface area contributed by atoms with E-state index in [2.05, 4.69) is 0 Å². The largest absolute Gasteiger partial charge is 0.493 e. The van der Waals surface area contributed by atoms with Gasteiger partial charge in [-0.3, -0.25) is 4.79 Å². The van der Waals surface area contributed by atoms with Gasteiger partial charge in [0.05, 0.1) is 6.61 Å². The van der Waals surface area contributed by atoms with Crippen molar-refractivity contribution >= 4 is 29.7 Å². The smallest absolute Gasteiger partial charge is 0.248 e. The molecule has 3 nitrogen and oxygen atoms in total. The van der Waals surface area contributed by atoms with E-state index in [1.165, 1.54) is 0 Å². The Morgan fingerprint density at radius 3 is 2.52 bits per heavy atom. The predicted molar refractivity (Wildman–Crippen MR) is 86.5 cm³/mol. The lowest BCUT2D eigenvalue weighted by molar-refractivity contribution is 0.1000. The van der Waals surface area contributed by atoms with Crippen LogP contribution in [0.1, 0.15) is 28.4 Å². The molecule has 0 saturated carbocycles. The van der Waals surface area contributed by atoms with Crippen LogP contribution in [0, 0.1) is 0 Å². The van der Waals surface area contributed by atoms with Crippen molar-refractivity contribution in [3.63, 3.8) is 0 Å². The molecule has 2 aromatic carbocycles. The molecule has 0 aliphatic heterocycles. The molecule has 0 aromatic heterocycles. The van der Waals surface area contributed by atoms with Crippen LogP contribution in [0.4, 0.5) is 0 Å². The van der Waals surface area contributed by atoms with Crippen LogP contribution < -0.4 is 10.5 Å². The van der Waals surface area contributed by atoms with E-state index in [-0.39, 0.29) is 0 Å². The molecule has 0 fully saturated rings. The fraction of sp³-hybridized carbons (Fsp3) is 0.118. The Labute approximate surface area is 129 Å². The van der Waals surface area contributed by atoms with Gasteiger partial charge in [0.25, 0.3) is 0 Å². The maximum absolute atomic E-state index is 11.3. The highest BCUT2D eigenvalue weighted by molar-refractivity contribution is 6.30. The lowest BCUT2D eigenvalue weighted by Gasteiger charge is -2.08. The van der Waals surface area contributed by atoms with Crippen molar-refractivity contribution in [3.05, 3.63) is 64.2 Å². The first kappa shape index (κ1) is 15.1. The minimum Gasteiger partial charge on any atom is -0.493 e. The Morgan fingerprint density at radius 1 is 1.19 bits per heavy atom. The van der Waals surface area contributed by atoms with E-state index in [1.807, 2.05) is 43.3 Å². The van der Waals surface area contributed by atoms with E-state index in [9.17, 15) is 4.79 Å². The molecule has 0 atom stereocenters. The predicted octanol–water partition coefficient (Wildman–Crippen LogP) is 4.01. The minimum atomic E-state index is -0.459. The topological polar surface area (TPSA) is 52.3 Å². The van der Waals surface area contributed by atoms with Gasteiger partial charge in [0.2, 0.25) is 5.91 Å². The first-order chi connectivity index (χ1) is 10.1. The Balaban J connectivity index is 2.33. The summed E-state index contributed by atoms with van der Waals surface area (Å²) in [4.78, 5) is 11.3. The Bertz CT molecular complexity index is 663. The van der Waals surface area contributed by atoms with E-state index >= 15 is 0 Å². The summed E-state index contributed by atoms with van der Waals surface area (Å²) in [6.45, 7) is 2.46. The number of carbonyl (C=O) groups excluding carboxylic acids is 1. The molecule has 21 heavy (non-hydrogen) atoms. The molecule has 0 aliphatic carbocycles. The van der Waals surface area contributed by atoms with Crippen LogP contribution in [-0.4, -0.2) is 12.5 Å². The zero-order valence-electron chi connectivity index (χ0n) is 11.7. The number of carbonyl (C=O) groups is 1. The second-order valence-corrected chi connectivity index (χ2v) is 4.87. The fourth-order valence-corrected chi connectivity index (χ4v) is 2.00. The molecule has 0 spiro atoms. The fourth-order valence-electron chi connectivity index (χ4n) is 1.88. The average Bonchev–Trinajstić information content (AvgIpc) is 2.48. The number of hydrogen-bond acceptors (Lipinski definition) is 2. The van der Waals surface area contributed by atoms with E-state index in [1.54, 1.807) is 18.2 Å². The SMILES string of the molecule is CCOc1ccc(C(N)=O)cc1/C=C/c1ccc(Cl)cc1. The molecule has 0 saturated heterocycles. The van der Waals surface area contributed by atoms with E-state index in [4.69, 9.17) is 22.1 Å². The molecule has 108 valence electrons. The first-order valence-electron chi connectivity index (χ1n) is 6.60. The van der Waals surface area contributed by atoms with Gasteiger partial charge < -0.3 is 10.5 Å². The molecule has 2 rings (SSSR count). The van der Waals surface area contributed by atoms with Crippen molar-refractivity contribution in [1.29, 1.82) is 0 Å². The van der Waals surface area contributed by atoms with E-state index < -0.39 is 5.91 Å². The van der Waals surface area contributed by atoms with Gasteiger partial charge in [-0.1, -0.05) is 35.9 Å². The Hall–Kier alpha value is -2.26. The highest BCUT2D eigenvalue weighted by Gasteiger charge is 2.06. The van der Waals surface area contributed by atoms with Gasteiger partial charge in [0.15, 0.2) is 0 Å². The van der Waals surface area contributed by atoms with Crippen LogP contribution in [0.5, 0.6) is 5.75 Å². The van der Waals surface area contributed by atoms with Crippen molar-refractivity contribution in [2.24, 2.45) is 5.73 Å². The first-order valence-corrected chi connectivity index (χ1v) is 6.98. The van der Waals surface area contributed by atoms with Gasteiger partial charge in [-0.15, -0.1) is 0 Å². The summed E-state index contributed by atoms with van der Waals surface area (Å²) in [7, 11) is 0. The summed E-state index contributed by atoms with van der Waals surface area (Å²) in [5, 5.41) is 0.692. The number of nitrogens with two attached hydrogens (primary N) is 1. The summed E-state index contributed by atoms with van der Waals surface area (Å²) in [6, 6.07) is 12.6. The summed E-state index contributed by atoms with van der Waals surface area (Å²) < 4.78 is 5.55. The van der Waals surface area contributed by atoms with E-state index in [0.29, 0.717) is 22.9 Å². The highest BCUT2D eigenvalue weighted by atomic mass is 35.5. The zero-order valence-corrected chi connectivity index (χ0v) is 12.4. The highest BCUT2D eigenvalue weighted by Crippen LogP contribution is 2.23. The standard InChI is InChI=1S/C17H16ClNO2/c1-2-21-16-10-7-14(17(19)20)11-13(16)6-3-12-4-8-15(18)9-5-12/h3-11H,2H2,1H3,(H2,19,20)/b6-3+. The number of halogens is 1. The number of benzene rings is 2. The molecular formula is C17H16ClNO2. The lowest BCUT2D eigenvalue weighted by Crippen LogP contribution is -2.11. The Kier molecular flexibility index (Phi) is 5.01. The maximum Gasteiger partial charge on any atom is 0.248 e. The minimum absolute atomic E-state index is 0.453. The Morgan fingerprint density at radius 2 is 1.90 bits per heavy atom. The lowest BCUT2D eigenvalue weighted by atomic mass is 10.1. The summed E-state index contributed by atoms with van der Waals surface area (Å²) in [5.74, 6) is 0.256. The van der Waals surface area contributed by atoms with Gasteiger partial charge in [0.1, 0.15) is 5.75 Å². The van der Waals surface area contributed by atoms with Gasteiger partial charge in [-0.2, -0.15) is 0 Å². The monoisotopic (exact) mass is 301 g/mol. The molecule has 0 heterocycles. The molecular weight excluding hydrogens is 286 g/mol. The van der Waals surface area contributed by atoms with Crippen molar-refractivity contribution in [3.8, 4) is 5.75 Å². The number of hydrogen-bond donors (Lipinski definition) is 1. The third-order valence-electron chi connectivity index (χ3n) is 2.92. The molecule has 0 bridgehead atoms. The normalized spacial score (nSPS) is 10.8. The number of ether oxygens (including phenoxy) is 1. The zero-order chi connectivity index (χ0) is 15.2. The second-order valence-electron chi connectivity index (χ2n) is 4.43. The third kappa shape index (κ3) is 4.10. The molecule has 4 heteroatoms. The number of primary amides is 1. The summed E-state index contributed by atoms with van der Waals surface area (Å²) in [6.07, 6.45) is 3.82. The molecule has 1 amide bonds.